The van der Waals surface area contributed by atoms with Gasteiger partial charge in [0.15, 0.2) is 0 Å². The Hall–Kier alpha value is 0.200. The van der Waals surface area contributed by atoms with Crippen LogP contribution in [0.25, 0.3) is 0 Å². The number of fused-ring (bicyclic) bond motifs is 2. The highest BCUT2D eigenvalue weighted by Crippen LogP contribution is 2.63. The fourth-order valence-corrected chi connectivity index (χ4v) is 7.45. The lowest BCUT2D eigenvalue weighted by atomic mass is 9.74. The number of ether oxygens (including phenoxy) is 1. The largest absolute Gasteiger partial charge is 0.487 e. The van der Waals surface area contributed by atoms with Gasteiger partial charge >= 0.3 is 0 Å². The molecule has 2 fully saturated rings. The molecule has 0 radical (unpaired) electrons. The number of rotatable bonds is 0. The second-order valence-electron chi connectivity index (χ2n) is 6.22. The van der Waals surface area contributed by atoms with Crippen molar-refractivity contribution in [2.24, 2.45) is 0 Å². The predicted octanol–water partition coefficient (Wildman–Crippen LogP) is 5.49. The molecule has 0 amide bonds. The van der Waals surface area contributed by atoms with Crippen molar-refractivity contribution in [2.75, 3.05) is 11.5 Å². The summed E-state index contributed by atoms with van der Waals surface area (Å²) in [6.07, 6.45) is 6.34. The first-order chi connectivity index (χ1) is 9.63. The smallest absolute Gasteiger partial charge is 0.126 e. The molecule has 1 aliphatic carbocycles. The van der Waals surface area contributed by atoms with Gasteiger partial charge in [0, 0.05) is 16.5 Å². The second kappa shape index (κ2) is 4.85. The lowest BCUT2D eigenvalue weighted by Gasteiger charge is -2.53. The molecule has 2 spiro atoms. The maximum Gasteiger partial charge on any atom is 0.126 e. The van der Waals surface area contributed by atoms with Crippen LogP contribution in [0.4, 0.5) is 0 Å². The third-order valence-electron chi connectivity index (χ3n) is 4.78. The lowest BCUT2D eigenvalue weighted by molar-refractivity contribution is -0.0291. The first-order valence-electron chi connectivity index (χ1n) is 7.40. The van der Waals surface area contributed by atoms with Gasteiger partial charge in [-0.1, -0.05) is 15.9 Å². The molecule has 4 heteroatoms. The van der Waals surface area contributed by atoms with E-state index < -0.39 is 0 Å². The van der Waals surface area contributed by atoms with Crippen LogP contribution in [0.1, 0.15) is 43.2 Å². The fraction of sp³-hybridized carbons (Fsp3) is 0.625. The molecule has 108 valence electrons. The van der Waals surface area contributed by atoms with Gasteiger partial charge in [-0.15, -0.1) is 23.5 Å². The summed E-state index contributed by atoms with van der Waals surface area (Å²) in [5, 5.41) is 0. The summed E-state index contributed by atoms with van der Waals surface area (Å²) in [4.78, 5) is 0. The van der Waals surface area contributed by atoms with E-state index in [1.807, 2.05) is 0 Å². The van der Waals surface area contributed by atoms with E-state index in [2.05, 4.69) is 58.5 Å². The summed E-state index contributed by atoms with van der Waals surface area (Å²) >= 11 is 8.00. The molecule has 3 aliphatic rings. The third-order valence-corrected chi connectivity index (χ3v) is 8.98. The molecule has 1 aromatic rings. The Kier molecular flexibility index (Phi) is 3.36. The Bertz CT molecular complexity index is 548. The Morgan fingerprint density at radius 3 is 2.55 bits per heavy atom. The minimum absolute atomic E-state index is 0.138. The van der Waals surface area contributed by atoms with Gasteiger partial charge < -0.3 is 4.74 Å². The summed E-state index contributed by atoms with van der Waals surface area (Å²) in [5.74, 6) is 3.71. The number of halogens is 1. The summed E-state index contributed by atoms with van der Waals surface area (Å²) in [6, 6.07) is 4.57. The highest BCUT2D eigenvalue weighted by Gasteiger charge is 2.53. The second-order valence-corrected chi connectivity index (χ2v) is 10.1. The molecular formula is C16H19BrOS2. The van der Waals surface area contributed by atoms with Gasteiger partial charge in [0.2, 0.25) is 0 Å². The summed E-state index contributed by atoms with van der Waals surface area (Å²) < 4.78 is 7.88. The van der Waals surface area contributed by atoms with Gasteiger partial charge in [0.1, 0.15) is 11.4 Å². The Morgan fingerprint density at radius 2 is 1.90 bits per heavy atom. The van der Waals surface area contributed by atoms with Crippen LogP contribution in [0.5, 0.6) is 5.75 Å². The van der Waals surface area contributed by atoms with Crippen molar-refractivity contribution in [1.29, 1.82) is 0 Å². The molecule has 0 bridgehead atoms. The molecule has 2 aliphatic heterocycles. The minimum Gasteiger partial charge on any atom is -0.487 e. The van der Waals surface area contributed by atoms with E-state index in [-0.39, 0.29) is 9.68 Å². The average molecular weight is 371 g/mol. The van der Waals surface area contributed by atoms with Gasteiger partial charge in [-0.05, 0) is 61.8 Å². The highest BCUT2D eigenvalue weighted by molar-refractivity contribution is 9.10. The van der Waals surface area contributed by atoms with Crippen molar-refractivity contribution in [3.8, 4) is 5.75 Å². The van der Waals surface area contributed by atoms with Crippen molar-refractivity contribution in [2.45, 2.75) is 48.7 Å². The van der Waals surface area contributed by atoms with Gasteiger partial charge in [-0.3, -0.25) is 0 Å². The third kappa shape index (κ3) is 2.05. The molecule has 1 saturated carbocycles. The molecule has 0 unspecified atom stereocenters. The minimum atomic E-state index is 0.138. The number of hydrogen-bond acceptors (Lipinski definition) is 3. The first kappa shape index (κ1) is 13.8. The Morgan fingerprint density at radius 1 is 1.15 bits per heavy atom. The van der Waals surface area contributed by atoms with E-state index in [9.17, 15) is 0 Å². The van der Waals surface area contributed by atoms with Crippen LogP contribution in [0, 0.1) is 6.92 Å². The van der Waals surface area contributed by atoms with Crippen LogP contribution in [0.2, 0.25) is 0 Å². The average Bonchev–Trinajstić information content (AvgIpc) is 2.40. The number of thioether (sulfide) groups is 2. The fourth-order valence-electron chi connectivity index (χ4n) is 3.52. The van der Waals surface area contributed by atoms with Crippen LogP contribution in [0.3, 0.4) is 0 Å². The van der Waals surface area contributed by atoms with Crippen LogP contribution < -0.4 is 4.74 Å². The number of hydrogen-bond donors (Lipinski definition) is 0. The van der Waals surface area contributed by atoms with E-state index in [1.165, 1.54) is 59.2 Å². The molecular weight excluding hydrogens is 352 g/mol. The summed E-state index contributed by atoms with van der Waals surface area (Å²) in [5.41, 5.74) is 2.90. The zero-order valence-corrected chi connectivity index (χ0v) is 14.9. The molecule has 1 aromatic carbocycles. The van der Waals surface area contributed by atoms with Crippen LogP contribution >= 0.6 is 39.5 Å². The first-order valence-corrected chi connectivity index (χ1v) is 10.2. The molecule has 0 N–H and O–H groups in total. The van der Waals surface area contributed by atoms with E-state index in [0.717, 1.165) is 5.75 Å². The maximum atomic E-state index is 6.46. The van der Waals surface area contributed by atoms with Gasteiger partial charge in [-0.2, -0.15) is 0 Å². The van der Waals surface area contributed by atoms with Crippen LogP contribution in [-0.2, 0) is 4.08 Å². The quantitative estimate of drug-likeness (QED) is 0.597. The Labute approximate surface area is 137 Å². The molecule has 20 heavy (non-hydrogen) atoms. The topological polar surface area (TPSA) is 9.23 Å². The molecule has 0 aromatic heterocycles. The highest BCUT2D eigenvalue weighted by atomic mass is 79.9. The standard InChI is InChI=1S/C16H19BrOS2/c1-11-8-12-14(9-13(11)17)18-15(4-2-5-15)10-16(12)19-6-3-7-20-16/h8-9H,2-7,10H2,1H3. The monoisotopic (exact) mass is 370 g/mol. The van der Waals surface area contributed by atoms with E-state index >= 15 is 0 Å². The van der Waals surface area contributed by atoms with E-state index in [4.69, 9.17) is 4.74 Å². The Balaban J connectivity index is 1.84. The number of aryl methyl sites for hydroxylation is 1. The zero-order valence-electron chi connectivity index (χ0n) is 11.7. The van der Waals surface area contributed by atoms with E-state index in [0.29, 0.717) is 0 Å². The molecule has 2 heterocycles. The SMILES string of the molecule is Cc1cc2c(cc1Br)OC1(CCC1)CC21SCCCS1. The van der Waals surface area contributed by atoms with Gasteiger partial charge in [0.25, 0.3) is 0 Å². The van der Waals surface area contributed by atoms with Crippen molar-refractivity contribution in [3.05, 3.63) is 27.7 Å². The van der Waals surface area contributed by atoms with E-state index in [1.54, 1.807) is 0 Å². The van der Waals surface area contributed by atoms with Crippen molar-refractivity contribution in [3.63, 3.8) is 0 Å². The van der Waals surface area contributed by atoms with Gasteiger partial charge in [-0.25, -0.2) is 0 Å². The van der Waals surface area contributed by atoms with Crippen LogP contribution in [0.15, 0.2) is 16.6 Å². The number of benzene rings is 1. The molecule has 1 nitrogen and oxygen atoms in total. The summed E-state index contributed by atoms with van der Waals surface area (Å²) in [6.45, 7) is 2.18. The molecule has 4 rings (SSSR count). The van der Waals surface area contributed by atoms with Crippen LogP contribution in [-0.4, -0.2) is 17.1 Å². The van der Waals surface area contributed by atoms with Crippen molar-refractivity contribution < 1.29 is 4.74 Å². The molecule has 1 saturated heterocycles. The summed E-state index contributed by atoms with van der Waals surface area (Å²) in [7, 11) is 0. The lowest BCUT2D eigenvalue weighted by Crippen LogP contribution is -2.51. The van der Waals surface area contributed by atoms with Crippen molar-refractivity contribution in [1.82, 2.24) is 0 Å². The van der Waals surface area contributed by atoms with Gasteiger partial charge in [0.05, 0.1) is 4.08 Å². The van der Waals surface area contributed by atoms with Crippen molar-refractivity contribution >= 4 is 39.5 Å². The predicted molar refractivity (Wildman–Crippen MR) is 91.9 cm³/mol. The molecule has 0 atom stereocenters. The maximum absolute atomic E-state index is 6.46. The zero-order chi connectivity index (χ0) is 13.8. The normalized spacial score (nSPS) is 25.9.